The summed E-state index contributed by atoms with van der Waals surface area (Å²) >= 11 is 0. The molecule has 21 nitrogen and oxygen atoms in total. The topological polar surface area (TPSA) is 277 Å². The second-order valence-corrected chi connectivity index (χ2v) is 25.9. The zero-order valence-electron chi connectivity index (χ0n) is 43.3. The van der Waals surface area contributed by atoms with Crippen molar-refractivity contribution >= 4 is 84.3 Å². The van der Waals surface area contributed by atoms with Crippen LogP contribution in [0.1, 0.15) is 46.1 Å². The van der Waals surface area contributed by atoms with Gasteiger partial charge in [0, 0.05) is 89.5 Å². The van der Waals surface area contributed by atoms with Gasteiger partial charge < -0.3 is 38.5 Å². The number of benzene rings is 5. The van der Waals surface area contributed by atoms with E-state index >= 15 is 0 Å². The largest absolute Gasteiger partial charge is 0.487 e. The van der Waals surface area contributed by atoms with E-state index in [0.29, 0.717) is 62.3 Å². The van der Waals surface area contributed by atoms with Gasteiger partial charge in [0.2, 0.25) is 37.4 Å². The maximum atomic E-state index is 14.4. The second kappa shape index (κ2) is 26.6. The molecule has 0 radical (unpaired) electrons. The Hall–Kier alpha value is -4.63. The number of anilines is 1. The lowest BCUT2D eigenvalue weighted by Gasteiger charge is -2.27. The normalized spacial score (nSPS) is 13.4. The first-order chi connectivity index (χ1) is 35.9. The predicted molar refractivity (Wildman–Crippen MR) is 276 cm³/mol. The summed E-state index contributed by atoms with van der Waals surface area (Å²) in [6, 6.07) is 8.88. The van der Waals surface area contributed by atoms with Crippen LogP contribution >= 0.6 is 0 Å². The molecule has 1 atom stereocenters. The summed E-state index contributed by atoms with van der Waals surface area (Å²) in [6.07, 6.45) is 1.24. The summed E-state index contributed by atoms with van der Waals surface area (Å²) < 4.78 is 217. The molecule has 5 rings (SSSR count). The van der Waals surface area contributed by atoms with Gasteiger partial charge in [0.1, 0.15) is 18.0 Å². The summed E-state index contributed by atoms with van der Waals surface area (Å²) in [5.74, 6) is -11.4. The Morgan fingerprint density at radius 3 is 1.49 bits per heavy atom. The summed E-state index contributed by atoms with van der Waals surface area (Å²) in [4.78, 5) is 10.8. The summed E-state index contributed by atoms with van der Waals surface area (Å²) in [7, 11) is -16.5. The minimum Gasteiger partial charge on any atom is -0.487 e. The fourth-order valence-electron chi connectivity index (χ4n) is 7.74. The van der Waals surface area contributed by atoms with Crippen molar-refractivity contribution in [3.63, 3.8) is 0 Å². The number of ether oxygens (including phenoxy) is 7. The Morgan fingerprint density at radius 1 is 0.623 bits per heavy atom. The first-order valence-corrected chi connectivity index (χ1v) is 29.9. The molecule has 3 N–H and O–H groups in total. The Labute approximate surface area is 444 Å². The molecule has 5 aromatic carbocycles. The molecule has 0 saturated heterocycles. The van der Waals surface area contributed by atoms with E-state index in [9.17, 15) is 65.1 Å². The zero-order chi connectivity index (χ0) is 57.3. The summed E-state index contributed by atoms with van der Waals surface area (Å²) in [5.41, 5.74) is -1.08. The average Bonchev–Trinajstić information content (AvgIpc) is 3.35. The van der Waals surface area contributed by atoms with E-state index in [1.165, 1.54) is 12.1 Å². The Kier molecular flexibility index (Phi) is 21.8. The van der Waals surface area contributed by atoms with Gasteiger partial charge in [-0.05, 0) is 59.6 Å². The van der Waals surface area contributed by atoms with E-state index in [0.717, 1.165) is 27.1 Å². The molecule has 0 aliphatic rings. The fourth-order valence-corrected chi connectivity index (χ4v) is 11.8. The maximum absolute atomic E-state index is 14.4. The van der Waals surface area contributed by atoms with Crippen molar-refractivity contribution in [2.45, 2.75) is 68.9 Å². The SMILES string of the molecule is Cc1c(F)c(F)c(OC(=O)COCCOCCOCCOCCOCCCC(C)Nc2cc(OC(C)(C)C)c3ccc4c(S(=O)(=O)N(C)CCS(=O)(=O)O)cc(S(=O)(=O)N(C)CCS(=O)(=O)O)c5ccc2c3c54)c(F)c1F. The van der Waals surface area contributed by atoms with Crippen molar-refractivity contribution in [2.24, 2.45) is 0 Å². The standard InChI is InChI=1S/C48H63F4N3O18S4/c1-30(9-8-16-67-17-18-68-19-20-69-21-22-70-23-24-71-29-40(56)72-47-45(51)43(49)31(2)44(50)46(47)52)53-36-27-37(73-48(3,4)5)33-11-13-35-39(77(65,66)55(7)15-26-75(60,61)62)28-38(34-12-10-32(36)41(33)42(34)35)76(63,64)54(6)14-25-74(57,58)59/h10-13,27-28,30,53H,8-9,14-26,29H2,1-7H3,(H,57,58,59)(H,60,61,62). The molecular weight excluding hydrogens is 1110 g/mol. The molecule has 5 aromatic rings. The van der Waals surface area contributed by atoms with Crippen LogP contribution in [0.15, 0.2) is 46.2 Å². The minimum atomic E-state index is -4.71. The number of hydrogen-bond acceptors (Lipinski definition) is 17. The molecule has 0 aliphatic carbocycles. The molecule has 29 heteroatoms. The Morgan fingerprint density at radius 2 is 1.04 bits per heavy atom. The van der Waals surface area contributed by atoms with E-state index in [-0.39, 0.29) is 68.4 Å². The molecule has 77 heavy (non-hydrogen) atoms. The molecule has 0 aromatic heterocycles. The van der Waals surface area contributed by atoms with Gasteiger partial charge in [0.25, 0.3) is 20.2 Å². The van der Waals surface area contributed by atoms with Gasteiger partial charge in [-0.3, -0.25) is 9.11 Å². The lowest BCUT2D eigenvalue weighted by atomic mass is 9.92. The molecule has 430 valence electrons. The van der Waals surface area contributed by atoms with Gasteiger partial charge in [-0.2, -0.15) is 34.2 Å². The highest BCUT2D eigenvalue weighted by molar-refractivity contribution is 7.90. The molecule has 0 spiro atoms. The van der Waals surface area contributed by atoms with E-state index in [1.807, 2.05) is 27.7 Å². The van der Waals surface area contributed by atoms with Crippen molar-refractivity contribution in [3.8, 4) is 11.5 Å². The number of rotatable bonds is 32. The van der Waals surface area contributed by atoms with Crippen molar-refractivity contribution in [2.75, 3.05) is 110 Å². The van der Waals surface area contributed by atoms with Gasteiger partial charge in [-0.25, -0.2) is 30.4 Å². The number of nitrogens with zero attached hydrogens (tertiary/aromatic N) is 2. The molecule has 0 fully saturated rings. The van der Waals surface area contributed by atoms with Crippen molar-refractivity contribution < 1.29 is 98.3 Å². The van der Waals surface area contributed by atoms with Crippen LogP contribution in [0.3, 0.4) is 0 Å². The van der Waals surface area contributed by atoms with Crippen LogP contribution < -0.4 is 14.8 Å². The number of carbonyl (C=O) groups is 1. The minimum absolute atomic E-state index is 0.0245. The van der Waals surface area contributed by atoms with Gasteiger partial charge in [-0.15, -0.1) is 0 Å². The number of carbonyl (C=O) groups excluding carboxylic acids is 1. The first-order valence-electron chi connectivity index (χ1n) is 23.8. The molecule has 0 bridgehead atoms. The van der Waals surface area contributed by atoms with Crippen LogP contribution in [0.5, 0.6) is 11.5 Å². The number of sulfonamides is 2. The van der Waals surface area contributed by atoms with E-state index in [2.05, 4.69) is 10.1 Å². The highest BCUT2D eigenvalue weighted by atomic mass is 32.2. The van der Waals surface area contributed by atoms with Gasteiger partial charge >= 0.3 is 5.97 Å². The van der Waals surface area contributed by atoms with Crippen LogP contribution in [0, 0.1) is 30.2 Å². The monoisotopic (exact) mass is 1170 g/mol. The van der Waals surface area contributed by atoms with E-state index < -0.39 is 127 Å². The van der Waals surface area contributed by atoms with Gasteiger partial charge in [0.05, 0.1) is 74.2 Å². The molecule has 0 heterocycles. The number of nitrogens with one attached hydrogen (secondary N) is 1. The molecular formula is C48H63F4N3O18S4. The van der Waals surface area contributed by atoms with E-state index in [4.69, 9.17) is 28.4 Å². The highest BCUT2D eigenvalue weighted by Gasteiger charge is 2.34. The first kappa shape index (κ1) is 63.2. The maximum Gasteiger partial charge on any atom is 0.337 e. The number of hydrogen-bond donors (Lipinski definition) is 3. The van der Waals surface area contributed by atoms with Crippen molar-refractivity contribution in [1.82, 2.24) is 8.61 Å². The van der Waals surface area contributed by atoms with Crippen LogP contribution in [0.4, 0.5) is 23.2 Å². The second-order valence-electron chi connectivity index (χ2n) is 18.7. The third kappa shape index (κ3) is 16.9. The average molecular weight is 1170 g/mol. The highest BCUT2D eigenvalue weighted by Crippen LogP contribution is 2.47. The molecule has 0 saturated carbocycles. The predicted octanol–water partition coefficient (Wildman–Crippen LogP) is 5.91. The third-order valence-corrected chi connectivity index (χ3v) is 16.8. The van der Waals surface area contributed by atoms with Gasteiger partial charge in [-0.1, -0.05) is 18.2 Å². The number of esters is 1. The lowest BCUT2D eigenvalue weighted by molar-refractivity contribution is -0.140. The summed E-state index contributed by atoms with van der Waals surface area (Å²) in [6.45, 7) is 7.91. The zero-order valence-corrected chi connectivity index (χ0v) is 46.6. The third-order valence-electron chi connectivity index (χ3n) is 11.6. The number of halogens is 4. The van der Waals surface area contributed by atoms with Crippen LogP contribution in [-0.4, -0.2) is 174 Å². The van der Waals surface area contributed by atoms with Crippen LogP contribution in [-0.2, 0) is 68.8 Å². The molecule has 0 aliphatic heterocycles. The van der Waals surface area contributed by atoms with Gasteiger partial charge in [0.15, 0.2) is 11.6 Å². The quantitative estimate of drug-likeness (QED) is 0.00858. The van der Waals surface area contributed by atoms with Crippen molar-refractivity contribution in [1.29, 1.82) is 0 Å². The van der Waals surface area contributed by atoms with Crippen LogP contribution in [0.2, 0.25) is 0 Å². The smallest absolute Gasteiger partial charge is 0.337 e. The molecule has 0 amide bonds. The fraction of sp³-hybridized carbons (Fsp3) is 0.521. The summed E-state index contributed by atoms with van der Waals surface area (Å²) in [5, 5.41) is 5.36. The Balaban J connectivity index is 1.17. The van der Waals surface area contributed by atoms with E-state index in [1.54, 1.807) is 18.2 Å². The molecule has 1 unspecified atom stereocenters. The lowest BCUT2D eigenvalue weighted by Crippen LogP contribution is -2.33. The van der Waals surface area contributed by atoms with Crippen LogP contribution in [0.25, 0.3) is 32.3 Å². The van der Waals surface area contributed by atoms with Crippen molar-refractivity contribution in [3.05, 3.63) is 65.2 Å². The Bertz CT molecular complexity index is 3230.